The molecule has 0 spiro atoms. The van der Waals surface area contributed by atoms with Gasteiger partial charge in [-0.3, -0.25) is 0 Å². The molecule has 0 heterocycles. The Labute approximate surface area is 156 Å². The molecular formula is C21H46NO3+. The van der Waals surface area contributed by atoms with Crippen LogP contribution in [-0.2, 0) is 0 Å². The Kier molecular flexibility index (Phi) is 14.9. The summed E-state index contributed by atoms with van der Waals surface area (Å²) < 4.78 is 0.452. The van der Waals surface area contributed by atoms with Crippen LogP contribution in [0.4, 0.5) is 0 Å². The number of unbranched alkanes of at least 4 members (excludes halogenated alkanes) is 11. The molecule has 3 atom stereocenters. The number of likely N-dealkylation sites (N-methyl/N-ethyl adjacent to an activating group) is 1. The average Bonchev–Trinajstić information content (AvgIpc) is 2.54. The van der Waals surface area contributed by atoms with E-state index in [1.54, 1.807) is 0 Å². The first-order valence-corrected chi connectivity index (χ1v) is 10.6. The van der Waals surface area contributed by atoms with Gasteiger partial charge in [0.05, 0.1) is 33.9 Å². The molecular weight excluding hydrogens is 314 g/mol. The van der Waals surface area contributed by atoms with Crippen LogP contribution in [0.15, 0.2) is 0 Å². The minimum Gasteiger partial charge on any atom is -0.390 e. The Bertz CT molecular complexity index is 291. The Morgan fingerprint density at radius 1 is 0.680 bits per heavy atom. The van der Waals surface area contributed by atoms with Crippen LogP contribution in [-0.4, -0.2) is 65.8 Å². The van der Waals surface area contributed by atoms with Gasteiger partial charge in [-0.15, -0.1) is 0 Å². The van der Waals surface area contributed by atoms with Crippen molar-refractivity contribution in [2.24, 2.45) is 0 Å². The molecule has 0 aliphatic rings. The summed E-state index contributed by atoms with van der Waals surface area (Å²) in [6.45, 7) is 2.15. The lowest BCUT2D eigenvalue weighted by Gasteiger charge is -2.37. The summed E-state index contributed by atoms with van der Waals surface area (Å²) in [5.41, 5.74) is 0. The number of aliphatic hydroxyl groups is 3. The highest BCUT2D eigenvalue weighted by atomic mass is 16.3. The van der Waals surface area contributed by atoms with Crippen LogP contribution in [0.25, 0.3) is 0 Å². The summed E-state index contributed by atoms with van der Waals surface area (Å²) in [6, 6.07) is -0.340. The second kappa shape index (κ2) is 15.0. The van der Waals surface area contributed by atoms with Gasteiger partial charge < -0.3 is 19.8 Å². The molecule has 152 valence electrons. The lowest BCUT2D eigenvalue weighted by Crippen LogP contribution is -2.57. The number of nitrogens with zero attached hydrogens (tertiary/aromatic N) is 1. The summed E-state index contributed by atoms with van der Waals surface area (Å²) in [5, 5.41) is 29.9. The zero-order chi connectivity index (χ0) is 19.1. The monoisotopic (exact) mass is 360 g/mol. The van der Waals surface area contributed by atoms with Crippen molar-refractivity contribution in [1.29, 1.82) is 0 Å². The molecule has 0 aliphatic carbocycles. The first-order valence-electron chi connectivity index (χ1n) is 10.6. The van der Waals surface area contributed by atoms with Crippen LogP contribution in [0.1, 0.15) is 90.4 Å². The van der Waals surface area contributed by atoms with Crippen molar-refractivity contribution in [3.63, 3.8) is 0 Å². The molecule has 0 saturated heterocycles. The Balaban J connectivity index is 3.58. The summed E-state index contributed by atoms with van der Waals surface area (Å²) in [7, 11) is 5.79. The van der Waals surface area contributed by atoms with E-state index in [2.05, 4.69) is 6.92 Å². The maximum Gasteiger partial charge on any atom is 0.141 e. The normalized spacial score (nSPS) is 16.0. The van der Waals surface area contributed by atoms with Gasteiger partial charge in [0.15, 0.2) is 0 Å². The quantitative estimate of drug-likeness (QED) is 0.273. The molecule has 0 aliphatic heterocycles. The summed E-state index contributed by atoms with van der Waals surface area (Å²) in [4.78, 5) is 0. The molecule has 0 aromatic carbocycles. The zero-order valence-electron chi connectivity index (χ0n) is 17.4. The van der Waals surface area contributed by atoms with E-state index in [-0.39, 0.29) is 12.6 Å². The topological polar surface area (TPSA) is 60.7 Å². The third kappa shape index (κ3) is 12.8. The molecule has 0 radical (unpaired) electrons. The van der Waals surface area contributed by atoms with Crippen LogP contribution >= 0.6 is 0 Å². The van der Waals surface area contributed by atoms with Crippen molar-refractivity contribution in [1.82, 2.24) is 0 Å². The lowest BCUT2D eigenvalue weighted by atomic mass is 9.98. The molecule has 0 aromatic rings. The molecule has 4 nitrogen and oxygen atoms in total. The minimum atomic E-state index is -0.863. The number of hydrogen-bond acceptors (Lipinski definition) is 3. The zero-order valence-corrected chi connectivity index (χ0v) is 17.4. The van der Waals surface area contributed by atoms with Crippen molar-refractivity contribution in [3.8, 4) is 0 Å². The van der Waals surface area contributed by atoms with Gasteiger partial charge in [-0.25, -0.2) is 0 Å². The second-order valence-corrected chi connectivity index (χ2v) is 8.60. The van der Waals surface area contributed by atoms with Gasteiger partial charge in [-0.05, 0) is 6.42 Å². The summed E-state index contributed by atoms with van der Waals surface area (Å²) >= 11 is 0. The standard InChI is InChI=1S/C21H46NO3/c1-5-6-7-8-9-10-11-12-13-14-15-16-17-20(24)21(25)19(18-23)22(2,3)4/h19-21,23-25H,5-18H2,1-4H3/q+1/t19-,20-,21+/m1/s1. The molecule has 0 aromatic heterocycles. The van der Waals surface area contributed by atoms with Crippen molar-refractivity contribution >= 4 is 0 Å². The van der Waals surface area contributed by atoms with Gasteiger partial charge in [0, 0.05) is 0 Å². The molecule has 0 amide bonds. The maximum atomic E-state index is 10.3. The molecule has 25 heavy (non-hydrogen) atoms. The van der Waals surface area contributed by atoms with Gasteiger partial charge in [0.2, 0.25) is 0 Å². The van der Waals surface area contributed by atoms with E-state index in [4.69, 9.17) is 0 Å². The molecule has 0 saturated carbocycles. The highest BCUT2D eigenvalue weighted by Crippen LogP contribution is 2.17. The summed E-state index contributed by atoms with van der Waals surface area (Å²) in [5.74, 6) is 0. The Hall–Kier alpha value is -0.160. The second-order valence-electron chi connectivity index (χ2n) is 8.60. The predicted molar refractivity (Wildman–Crippen MR) is 107 cm³/mol. The first-order chi connectivity index (χ1) is 11.8. The van der Waals surface area contributed by atoms with Gasteiger partial charge in [-0.2, -0.15) is 0 Å². The van der Waals surface area contributed by atoms with Crippen molar-refractivity contribution in [3.05, 3.63) is 0 Å². The van der Waals surface area contributed by atoms with E-state index in [0.29, 0.717) is 10.9 Å². The molecule has 0 bridgehead atoms. The lowest BCUT2D eigenvalue weighted by molar-refractivity contribution is -0.900. The Morgan fingerprint density at radius 3 is 1.44 bits per heavy atom. The third-order valence-corrected chi connectivity index (χ3v) is 5.32. The van der Waals surface area contributed by atoms with Crippen LogP contribution in [0, 0.1) is 0 Å². The molecule has 0 unspecified atom stereocenters. The largest absolute Gasteiger partial charge is 0.390 e. The van der Waals surface area contributed by atoms with E-state index in [1.807, 2.05) is 21.1 Å². The fourth-order valence-electron chi connectivity index (χ4n) is 3.43. The fraction of sp³-hybridized carbons (Fsp3) is 1.00. The van der Waals surface area contributed by atoms with Crippen molar-refractivity contribution in [2.75, 3.05) is 27.7 Å². The number of aliphatic hydroxyl groups excluding tert-OH is 3. The van der Waals surface area contributed by atoms with E-state index in [9.17, 15) is 15.3 Å². The molecule has 0 rings (SSSR count). The predicted octanol–water partition coefficient (Wildman–Crippen LogP) is 3.87. The van der Waals surface area contributed by atoms with Crippen molar-refractivity contribution < 1.29 is 19.8 Å². The van der Waals surface area contributed by atoms with Crippen LogP contribution in [0.2, 0.25) is 0 Å². The molecule has 3 N–H and O–H groups in total. The third-order valence-electron chi connectivity index (χ3n) is 5.32. The van der Waals surface area contributed by atoms with Gasteiger partial charge in [-0.1, -0.05) is 84.0 Å². The van der Waals surface area contributed by atoms with E-state index in [1.165, 1.54) is 64.2 Å². The first kappa shape index (κ1) is 24.8. The van der Waals surface area contributed by atoms with E-state index >= 15 is 0 Å². The van der Waals surface area contributed by atoms with Gasteiger partial charge in [0.1, 0.15) is 12.1 Å². The number of quaternary nitrogens is 1. The fourth-order valence-corrected chi connectivity index (χ4v) is 3.43. The van der Waals surface area contributed by atoms with Gasteiger partial charge >= 0.3 is 0 Å². The van der Waals surface area contributed by atoms with Crippen molar-refractivity contribution in [2.45, 2.75) is 109 Å². The van der Waals surface area contributed by atoms with E-state index in [0.717, 1.165) is 12.8 Å². The Morgan fingerprint density at radius 2 is 1.08 bits per heavy atom. The highest BCUT2D eigenvalue weighted by molar-refractivity contribution is 4.76. The summed E-state index contributed by atoms with van der Waals surface area (Å²) in [6.07, 6.45) is 14.5. The van der Waals surface area contributed by atoms with Crippen LogP contribution in [0.3, 0.4) is 0 Å². The molecule has 0 fully saturated rings. The number of rotatable bonds is 17. The van der Waals surface area contributed by atoms with Gasteiger partial charge in [0.25, 0.3) is 0 Å². The van der Waals surface area contributed by atoms with Crippen LogP contribution < -0.4 is 0 Å². The highest BCUT2D eigenvalue weighted by Gasteiger charge is 2.35. The maximum absolute atomic E-state index is 10.3. The molecule has 4 heteroatoms. The number of hydrogen-bond donors (Lipinski definition) is 3. The smallest absolute Gasteiger partial charge is 0.141 e. The minimum absolute atomic E-state index is 0.111. The van der Waals surface area contributed by atoms with E-state index < -0.39 is 12.2 Å². The van der Waals surface area contributed by atoms with Crippen LogP contribution in [0.5, 0.6) is 0 Å². The SMILES string of the molecule is CCCCCCCCCCCCCC[C@@H](O)[C@@H](O)[C@@H](CO)[N+](C)(C)C. The average molecular weight is 361 g/mol.